The predicted octanol–water partition coefficient (Wildman–Crippen LogP) is 4.36. The Hall–Kier alpha value is -3.20. The number of unbranched alkanes of at least 4 members (excludes halogenated alkanes) is 2. The molecule has 9 heteroatoms. The maximum absolute atomic E-state index is 14.2. The highest BCUT2D eigenvalue weighted by molar-refractivity contribution is 7.98. The molecule has 0 atom stereocenters. The molecule has 2 heterocycles. The molecular weight excluding hydrogens is 479 g/mol. The molecule has 0 bridgehead atoms. The normalized spacial score (nSPS) is 14.3. The number of thioether (sulfide) groups is 1. The van der Waals surface area contributed by atoms with Crippen LogP contribution in [-0.2, 0) is 17.1 Å². The summed E-state index contributed by atoms with van der Waals surface area (Å²) in [7, 11) is 0. The lowest BCUT2D eigenvalue weighted by atomic mass is 9.96. The molecule has 1 saturated heterocycles. The van der Waals surface area contributed by atoms with E-state index in [9.17, 15) is 18.8 Å². The molecule has 0 aliphatic carbocycles. The van der Waals surface area contributed by atoms with Crippen LogP contribution in [0.5, 0.6) is 0 Å². The van der Waals surface area contributed by atoms with Crippen LogP contribution in [0.25, 0.3) is 10.9 Å². The van der Waals surface area contributed by atoms with Gasteiger partial charge in [-0.2, -0.15) is 0 Å². The van der Waals surface area contributed by atoms with Crippen molar-refractivity contribution < 1.29 is 14.0 Å². The average Bonchev–Trinajstić information content (AvgIpc) is 2.89. The fourth-order valence-corrected chi connectivity index (χ4v) is 5.48. The van der Waals surface area contributed by atoms with E-state index in [-0.39, 0.29) is 29.1 Å². The highest BCUT2D eigenvalue weighted by Gasteiger charge is 2.27. The minimum Gasteiger partial charge on any atom is -0.369 e. The van der Waals surface area contributed by atoms with E-state index >= 15 is 0 Å². The van der Waals surface area contributed by atoms with Gasteiger partial charge in [-0.25, -0.2) is 9.37 Å². The average molecular weight is 511 g/mol. The summed E-state index contributed by atoms with van der Waals surface area (Å²) >= 11 is 1.32. The van der Waals surface area contributed by atoms with Gasteiger partial charge in [0.1, 0.15) is 5.82 Å². The second kappa shape index (κ2) is 11.7. The van der Waals surface area contributed by atoms with Gasteiger partial charge in [-0.1, -0.05) is 49.7 Å². The fraction of sp³-hybridized carbons (Fsp3) is 0.407. The standard InChI is InChI=1S/C27H31FN4O3S/c1-2-3-6-13-32-26(35)21-10-9-19(25(34)31-14-11-18(12-15-31)24(29)33)16-23(21)30-27(32)36-17-20-7-4-5-8-22(20)28/h4-5,7-10,16,18H,2-3,6,11-15,17H2,1H3,(H2,29,33). The summed E-state index contributed by atoms with van der Waals surface area (Å²) in [6, 6.07) is 11.6. The Balaban J connectivity index is 1.63. The van der Waals surface area contributed by atoms with Crippen LogP contribution in [0.4, 0.5) is 4.39 Å². The first-order valence-corrected chi connectivity index (χ1v) is 13.4. The number of fused-ring (bicyclic) bond motifs is 1. The highest BCUT2D eigenvalue weighted by atomic mass is 32.2. The largest absolute Gasteiger partial charge is 0.369 e. The molecule has 2 amide bonds. The number of rotatable bonds is 9. The van der Waals surface area contributed by atoms with Crippen molar-refractivity contribution in [2.24, 2.45) is 11.7 Å². The van der Waals surface area contributed by atoms with Gasteiger partial charge in [0, 0.05) is 36.9 Å². The quantitative estimate of drug-likeness (QED) is 0.262. The van der Waals surface area contributed by atoms with Crippen LogP contribution in [0.2, 0.25) is 0 Å². The second-order valence-electron chi connectivity index (χ2n) is 9.14. The highest BCUT2D eigenvalue weighted by Crippen LogP contribution is 2.25. The molecule has 36 heavy (non-hydrogen) atoms. The third-order valence-corrected chi connectivity index (χ3v) is 7.68. The zero-order valence-electron chi connectivity index (χ0n) is 20.4. The molecule has 4 rings (SSSR count). The van der Waals surface area contributed by atoms with Crippen LogP contribution >= 0.6 is 11.8 Å². The molecule has 3 aromatic rings. The molecule has 0 saturated carbocycles. The van der Waals surface area contributed by atoms with E-state index in [1.807, 2.05) is 0 Å². The molecule has 190 valence electrons. The number of carbonyl (C=O) groups excluding carboxylic acids is 2. The van der Waals surface area contributed by atoms with Crippen molar-refractivity contribution in [2.45, 2.75) is 56.5 Å². The summed E-state index contributed by atoms with van der Waals surface area (Å²) in [4.78, 5) is 44.4. The van der Waals surface area contributed by atoms with E-state index in [1.54, 1.807) is 45.9 Å². The van der Waals surface area contributed by atoms with Gasteiger partial charge in [0.05, 0.1) is 10.9 Å². The lowest BCUT2D eigenvalue weighted by molar-refractivity contribution is -0.123. The van der Waals surface area contributed by atoms with Crippen LogP contribution in [0.1, 0.15) is 54.9 Å². The van der Waals surface area contributed by atoms with Crippen molar-refractivity contribution in [3.63, 3.8) is 0 Å². The van der Waals surface area contributed by atoms with Crippen molar-refractivity contribution in [1.82, 2.24) is 14.5 Å². The number of halogens is 1. The number of primary amides is 1. The third-order valence-electron chi connectivity index (χ3n) is 6.65. The van der Waals surface area contributed by atoms with E-state index in [2.05, 4.69) is 6.92 Å². The Kier molecular flexibility index (Phi) is 8.40. The SMILES string of the molecule is CCCCCn1c(SCc2ccccc2F)nc2cc(C(=O)N3CCC(C(N)=O)CC3)ccc2c1=O. The summed E-state index contributed by atoms with van der Waals surface area (Å²) < 4.78 is 15.9. The van der Waals surface area contributed by atoms with Crippen LogP contribution < -0.4 is 11.3 Å². The van der Waals surface area contributed by atoms with Crippen molar-refractivity contribution in [3.05, 3.63) is 69.8 Å². The van der Waals surface area contributed by atoms with Gasteiger partial charge in [-0.3, -0.25) is 19.0 Å². The molecule has 1 aliphatic heterocycles. The zero-order chi connectivity index (χ0) is 25.7. The first-order chi connectivity index (χ1) is 17.4. The Morgan fingerprint density at radius 2 is 1.89 bits per heavy atom. The molecule has 1 aromatic heterocycles. The van der Waals surface area contributed by atoms with Gasteiger partial charge in [-0.15, -0.1) is 0 Å². The molecule has 0 radical (unpaired) electrons. The van der Waals surface area contributed by atoms with Gasteiger partial charge < -0.3 is 10.6 Å². The Morgan fingerprint density at radius 3 is 2.58 bits per heavy atom. The number of aromatic nitrogens is 2. The first-order valence-electron chi connectivity index (χ1n) is 12.4. The number of hydrogen-bond acceptors (Lipinski definition) is 5. The van der Waals surface area contributed by atoms with Crippen molar-refractivity contribution >= 4 is 34.5 Å². The van der Waals surface area contributed by atoms with Gasteiger partial charge in [0.2, 0.25) is 5.91 Å². The summed E-state index contributed by atoms with van der Waals surface area (Å²) in [5, 5.41) is 0.962. The minimum absolute atomic E-state index is 0.158. The maximum Gasteiger partial charge on any atom is 0.262 e. The smallest absolute Gasteiger partial charge is 0.262 e. The third kappa shape index (κ3) is 5.78. The number of benzene rings is 2. The lowest BCUT2D eigenvalue weighted by Gasteiger charge is -2.30. The van der Waals surface area contributed by atoms with Gasteiger partial charge in [0.25, 0.3) is 11.5 Å². The van der Waals surface area contributed by atoms with E-state index in [4.69, 9.17) is 10.7 Å². The number of carbonyl (C=O) groups is 2. The van der Waals surface area contributed by atoms with E-state index < -0.39 is 0 Å². The molecule has 0 unspecified atom stereocenters. The van der Waals surface area contributed by atoms with E-state index in [0.717, 1.165) is 19.3 Å². The summed E-state index contributed by atoms with van der Waals surface area (Å²) in [5.74, 6) is -0.639. The summed E-state index contributed by atoms with van der Waals surface area (Å²) in [5.41, 5.74) is 6.68. The number of nitrogens with two attached hydrogens (primary N) is 1. The fourth-order valence-electron chi connectivity index (χ4n) is 4.47. The van der Waals surface area contributed by atoms with Crippen LogP contribution in [0, 0.1) is 11.7 Å². The predicted molar refractivity (Wildman–Crippen MR) is 139 cm³/mol. The summed E-state index contributed by atoms with van der Waals surface area (Å²) in [6.07, 6.45) is 3.95. The second-order valence-corrected chi connectivity index (χ2v) is 10.1. The number of amides is 2. The Labute approximate surface area is 213 Å². The zero-order valence-corrected chi connectivity index (χ0v) is 21.2. The van der Waals surface area contributed by atoms with Crippen molar-refractivity contribution in [2.75, 3.05) is 13.1 Å². The summed E-state index contributed by atoms with van der Waals surface area (Å²) in [6.45, 7) is 3.55. The van der Waals surface area contributed by atoms with E-state index in [1.165, 1.54) is 17.8 Å². The molecule has 7 nitrogen and oxygen atoms in total. The molecular formula is C27H31FN4O3S. The first kappa shape index (κ1) is 25.9. The molecule has 1 fully saturated rings. The Morgan fingerprint density at radius 1 is 1.14 bits per heavy atom. The van der Waals surface area contributed by atoms with Crippen molar-refractivity contribution in [1.29, 1.82) is 0 Å². The van der Waals surface area contributed by atoms with Gasteiger partial charge in [-0.05, 0) is 49.1 Å². The number of nitrogens with zero attached hydrogens (tertiary/aromatic N) is 3. The number of hydrogen-bond donors (Lipinski definition) is 1. The van der Waals surface area contributed by atoms with Crippen LogP contribution in [0.15, 0.2) is 52.4 Å². The monoisotopic (exact) mass is 510 g/mol. The lowest BCUT2D eigenvalue weighted by Crippen LogP contribution is -2.41. The molecule has 1 aliphatic rings. The van der Waals surface area contributed by atoms with Crippen LogP contribution in [-0.4, -0.2) is 39.4 Å². The number of likely N-dealkylation sites (tertiary alicyclic amines) is 1. The van der Waals surface area contributed by atoms with Crippen molar-refractivity contribution in [3.8, 4) is 0 Å². The topological polar surface area (TPSA) is 98.3 Å². The van der Waals surface area contributed by atoms with E-state index in [0.29, 0.717) is 65.4 Å². The molecule has 0 spiro atoms. The maximum atomic E-state index is 14.2. The molecule has 2 aromatic carbocycles. The van der Waals surface area contributed by atoms with Crippen LogP contribution in [0.3, 0.4) is 0 Å². The van der Waals surface area contributed by atoms with Gasteiger partial charge >= 0.3 is 0 Å². The number of piperidine rings is 1. The van der Waals surface area contributed by atoms with Gasteiger partial charge in [0.15, 0.2) is 5.16 Å². The molecule has 2 N–H and O–H groups in total. The Bertz CT molecular complexity index is 1320. The minimum atomic E-state index is -0.326.